The molecule has 1 aromatic carbocycles. The van der Waals surface area contributed by atoms with Gasteiger partial charge in [0.2, 0.25) is 0 Å². The van der Waals surface area contributed by atoms with Gasteiger partial charge in [0.25, 0.3) is 0 Å². The lowest BCUT2D eigenvalue weighted by molar-refractivity contribution is 0.571. The monoisotopic (exact) mass is 275 g/mol. The molecule has 0 amide bonds. The highest BCUT2D eigenvalue weighted by Crippen LogP contribution is 2.31. The van der Waals surface area contributed by atoms with Crippen molar-refractivity contribution in [3.05, 3.63) is 48.2 Å². The van der Waals surface area contributed by atoms with E-state index in [9.17, 15) is 0 Å². The summed E-state index contributed by atoms with van der Waals surface area (Å²) in [6.45, 7) is 0. The molecule has 4 heteroatoms. The lowest BCUT2D eigenvalue weighted by Gasteiger charge is -1.87. The molecule has 0 aliphatic rings. The van der Waals surface area contributed by atoms with Gasteiger partial charge in [0.1, 0.15) is 5.76 Å². The summed E-state index contributed by atoms with van der Waals surface area (Å²) in [5.41, 5.74) is 1.01. The molecule has 2 heterocycles. The van der Waals surface area contributed by atoms with Crippen LogP contribution in [0.4, 0.5) is 0 Å². The normalized spacial score (nSPS) is 11.6. The van der Waals surface area contributed by atoms with Crippen LogP contribution in [0.3, 0.4) is 0 Å². The van der Waals surface area contributed by atoms with Crippen molar-refractivity contribution in [2.24, 2.45) is 0 Å². The summed E-state index contributed by atoms with van der Waals surface area (Å²) in [4.78, 5) is 4.55. The molecule has 0 unspecified atom stereocenters. The average Bonchev–Trinajstić information content (AvgIpc) is 3.02. The van der Waals surface area contributed by atoms with Gasteiger partial charge < -0.3 is 4.42 Å². The topological polar surface area (TPSA) is 26.0 Å². The van der Waals surface area contributed by atoms with Gasteiger partial charge in [-0.3, -0.25) is 0 Å². The summed E-state index contributed by atoms with van der Waals surface area (Å²) in [7, 11) is 0. The van der Waals surface area contributed by atoms with Gasteiger partial charge in [0.05, 0.1) is 10.2 Å². The molecule has 0 N–H and O–H groups in total. The van der Waals surface area contributed by atoms with Gasteiger partial charge in [0.15, 0.2) is 10.8 Å². The van der Waals surface area contributed by atoms with Crippen LogP contribution >= 0.6 is 22.9 Å². The van der Waals surface area contributed by atoms with Crippen molar-refractivity contribution in [1.29, 1.82) is 0 Å². The SMILES string of the molecule is ClCC=Cc1ccc(-c2nc3ccccc3s2)o1. The first-order valence-corrected chi connectivity index (χ1v) is 6.90. The molecule has 0 aliphatic heterocycles. The fraction of sp³-hybridized carbons (Fsp3) is 0.0714. The minimum atomic E-state index is 0.483. The number of alkyl halides is 1. The minimum absolute atomic E-state index is 0.483. The first kappa shape index (κ1) is 11.5. The maximum absolute atomic E-state index is 5.70. The number of para-hydroxylation sites is 1. The molecule has 90 valence electrons. The molecule has 3 aromatic rings. The molecule has 0 saturated heterocycles. The van der Waals surface area contributed by atoms with Crippen LogP contribution in [0.2, 0.25) is 0 Å². The number of fused-ring (bicyclic) bond motifs is 1. The van der Waals surface area contributed by atoms with Crippen LogP contribution in [-0.4, -0.2) is 10.9 Å². The molecule has 2 aromatic heterocycles. The van der Waals surface area contributed by atoms with Gasteiger partial charge in [-0.15, -0.1) is 22.9 Å². The van der Waals surface area contributed by atoms with Crippen LogP contribution in [0, 0.1) is 0 Å². The van der Waals surface area contributed by atoms with Gasteiger partial charge in [-0.1, -0.05) is 18.2 Å². The second kappa shape index (κ2) is 4.96. The van der Waals surface area contributed by atoms with Gasteiger partial charge >= 0.3 is 0 Å². The molecule has 0 radical (unpaired) electrons. The average molecular weight is 276 g/mol. The summed E-state index contributed by atoms with van der Waals surface area (Å²) in [5, 5.41) is 0.904. The third-order valence-electron chi connectivity index (χ3n) is 2.50. The maximum Gasteiger partial charge on any atom is 0.163 e. The zero-order valence-corrected chi connectivity index (χ0v) is 11.0. The van der Waals surface area contributed by atoms with E-state index in [-0.39, 0.29) is 0 Å². The molecule has 3 rings (SSSR count). The first-order valence-electron chi connectivity index (χ1n) is 5.55. The Balaban J connectivity index is 1.98. The summed E-state index contributed by atoms with van der Waals surface area (Å²) < 4.78 is 6.87. The number of hydrogen-bond acceptors (Lipinski definition) is 3. The zero-order valence-electron chi connectivity index (χ0n) is 9.47. The van der Waals surface area contributed by atoms with E-state index in [0.717, 1.165) is 22.0 Å². The quantitative estimate of drug-likeness (QED) is 0.641. The third kappa shape index (κ3) is 2.19. The van der Waals surface area contributed by atoms with Gasteiger partial charge in [-0.05, 0) is 30.3 Å². The molecule has 0 atom stereocenters. The van der Waals surface area contributed by atoms with Gasteiger partial charge in [-0.2, -0.15) is 0 Å². The molecule has 0 saturated carbocycles. The second-order valence-electron chi connectivity index (χ2n) is 3.75. The molecule has 0 aliphatic carbocycles. The Bertz CT molecular complexity index is 665. The Morgan fingerprint density at radius 3 is 2.94 bits per heavy atom. The largest absolute Gasteiger partial charge is 0.454 e. The predicted octanol–water partition coefficient (Wildman–Crippen LogP) is 4.81. The predicted molar refractivity (Wildman–Crippen MR) is 77.1 cm³/mol. The number of furan rings is 1. The van der Waals surface area contributed by atoms with E-state index in [1.807, 2.05) is 42.5 Å². The molecular formula is C14H10ClNOS. The van der Waals surface area contributed by atoms with Crippen molar-refractivity contribution in [3.63, 3.8) is 0 Å². The van der Waals surface area contributed by atoms with Crippen molar-refractivity contribution < 1.29 is 4.42 Å². The van der Waals surface area contributed by atoms with Crippen molar-refractivity contribution in [2.75, 3.05) is 5.88 Å². The first-order chi connectivity index (χ1) is 8.86. The lowest BCUT2D eigenvalue weighted by atomic mass is 10.3. The van der Waals surface area contributed by atoms with Gasteiger partial charge in [-0.25, -0.2) is 4.98 Å². The van der Waals surface area contributed by atoms with Crippen LogP contribution < -0.4 is 0 Å². The van der Waals surface area contributed by atoms with Crippen molar-refractivity contribution in [3.8, 4) is 10.8 Å². The number of aromatic nitrogens is 1. The van der Waals surface area contributed by atoms with E-state index in [0.29, 0.717) is 5.88 Å². The number of halogens is 1. The Kier molecular flexibility index (Phi) is 3.17. The highest BCUT2D eigenvalue weighted by molar-refractivity contribution is 7.21. The number of allylic oxidation sites excluding steroid dienone is 1. The highest BCUT2D eigenvalue weighted by Gasteiger charge is 2.09. The molecule has 2 nitrogen and oxygen atoms in total. The van der Waals surface area contributed by atoms with E-state index in [4.69, 9.17) is 16.0 Å². The second-order valence-corrected chi connectivity index (χ2v) is 5.08. The molecular weight excluding hydrogens is 266 g/mol. The Labute approximate surface area is 114 Å². The third-order valence-corrected chi connectivity index (χ3v) is 3.73. The summed E-state index contributed by atoms with van der Waals surface area (Å²) in [6.07, 6.45) is 3.71. The smallest absolute Gasteiger partial charge is 0.163 e. The Morgan fingerprint density at radius 1 is 1.22 bits per heavy atom. The fourth-order valence-electron chi connectivity index (χ4n) is 1.70. The van der Waals surface area contributed by atoms with Crippen LogP contribution in [0.1, 0.15) is 5.76 Å². The van der Waals surface area contributed by atoms with Gasteiger partial charge in [0, 0.05) is 5.88 Å². The number of nitrogens with zero attached hydrogens (tertiary/aromatic N) is 1. The molecule has 18 heavy (non-hydrogen) atoms. The van der Waals surface area contributed by atoms with Crippen molar-refractivity contribution in [1.82, 2.24) is 4.98 Å². The fourth-order valence-corrected chi connectivity index (χ4v) is 2.71. The number of thiazole rings is 1. The molecule has 0 fully saturated rings. The zero-order chi connectivity index (χ0) is 12.4. The summed E-state index contributed by atoms with van der Waals surface area (Å²) in [5.74, 6) is 2.08. The standard InChI is InChI=1S/C14H10ClNOS/c15-9-3-4-10-7-8-12(17-10)14-16-11-5-1-2-6-13(11)18-14/h1-8H,9H2. The van der Waals surface area contributed by atoms with Crippen molar-refractivity contribution >= 4 is 39.2 Å². The highest BCUT2D eigenvalue weighted by atomic mass is 35.5. The van der Waals surface area contributed by atoms with Crippen LogP contribution in [0.5, 0.6) is 0 Å². The van der Waals surface area contributed by atoms with E-state index in [2.05, 4.69) is 11.1 Å². The Morgan fingerprint density at radius 2 is 2.11 bits per heavy atom. The number of hydrogen-bond donors (Lipinski definition) is 0. The Hall–Kier alpha value is -1.58. The van der Waals surface area contributed by atoms with E-state index in [1.165, 1.54) is 4.70 Å². The van der Waals surface area contributed by atoms with Crippen LogP contribution in [0.25, 0.3) is 27.1 Å². The number of benzene rings is 1. The van der Waals surface area contributed by atoms with E-state index in [1.54, 1.807) is 11.3 Å². The number of rotatable bonds is 3. The maximum atomic E-state index is 5.70. The van der Waals surface area contributed by atoms with Crippen LogP contribution in [0.15, 0.2) is 46.9 Å². The lowest BCUT2D eigenvalue weighted by Crippen LogP contribution is -1.70. The molecule has 0 bridgehead atoms. The van der Waals surface area contributed by atoms with Crippen molar-refractivity contribution in [2.45, 2.75) is 0 Å². The minimum Gasteiger partial charge on any atom is -0.454 e. The van der Waals surface area contributed by atoms with Crippen LogP contribution in [-0.2, 0) is 0 Å². The summed E-state index contributed by atoms with van der Waals surface area (Å²) in [6, 6.07) is 11.9. The van der Waals surface area contributed by atoms with E-state index < -0.39 is 0 Å². The van der Waals surface area contributed by atoms with E-state index >= 15 is 0 Å². The molecule has 0 spiro atoms. The summed E-state index contributed by atoms with van der Waals surface area (Å²) >= 11 is 7.22.